The van der Waals surface area contributed by atoms with Crippen LogP contribution in [0, 0.1) is 18.3 Å². The third kappa shape index (κ3) is 3.04. The maximum atomic E-state index is 8.92. The average Bonchev–Trinajstić information content (AvgIpc) is 2.28. The molecule has 0 aliphatic heterocycles. The van der Waals surface area contributed by atoms with Crippen molar-refractivity contribution in [3.63, 3.8) is 0 Å². The van der Waals surface area contributed by atoms with Gasteiger partial charge in [-0.1, -0.05) is 6.08 Å². The molecule has 0 fully saturated rings. The number of aliphatic hydroxyl groups excluding tert-OH is 1. The number of aryl methyl sites for hydroxylation is 1. The van der Waals surface area contributed by atoms with E-state index in [1.807, 2.05) is 6.07 Å². The van der Waals surface area contributed by atoms with Crippen LogP contribution in [0.5, 0.6) is 0 Å². The van der Waals surface area contributed by atoms with Gasteiger partial charge in [-0.05, 0) is 13.0 Å². The Labute approximate surface area is 94.7 Å². The Morgan fingerprint density at radius 1 is 1.62 bits per heavy atom. The lowest BCUT2D eigenvalue weighted by molar-refractivity contribution is 0.302. The van der Waals surface area contributed by atoms with Crippen molar-refractivity contribution in [2.24, 2.45) is 0 Å². The van der Waals surface area contributed by atoms with Gasteiger partial charge in [0.05, 0.1) is 6.61 Å². The summed E-state index contributed by atoms with van der Waals surface area (Å²) in [5.41, 5.74) is 1.06. The molecular weight excluding hydrogens is 204 g/mol. The quantitative estimate of drug-likeness (QED) is 0.734. The summed E-state index contributed by atoms with van der Waals surface area (Å²) in [6.45, 7) is 6.39. The van der Waals surface area contributed by atoms with Gasteiger partial charge in [0.15, 0.2) is 0 Å². The molecule has 1 aromatic heterocycles. The zero-order chi connectivity index (χ0) is 12.0. The van der Waals surface area contributed by atoms with Crippen molar-refractivity contribution in [2.45, 2.75) is 6.92 Å². The fourth-order valence-electron chi connectivity index (χ4n) is 1.30. The Kier molecular flexibility index (Phi) is 4.42. The summed E-state index contributed by atoms with van der Waals surface area (Å²) < 4.78 is 0. The van der Waals surface area contributed by atoms with Gasteiger partial charge in [-0.3, -0.25) is 0 Å². The van der Waals surface area contributed by atoms with Crippen molar-refractivity contribution >= 4 is 5.95 Å². The van der Waals surface area contributed by atoms with E-state index in [2.05, 4.69) is 16.5 Å². The van der Waals surface area contributed by atoms with E-state index >= 15 is 0 Å². The molecule has 1 rings (SSSR count). The fraction of sp³-hybridized carbons (Fsp3) is 0.364. The Morgan fingerprint density at radius 2 is 2.38 bits per heavy atom. The zero-order valence-corrected chi connectivity index (χ0v) is 9.22. The third-order valence-corrected chi connectivity index (χ3v) is 1.96. The first-order valence-corrected chi connectivity index (χ1v) is 4.93. The molecule has 84 valence electrons. The summed E-state index contributed by atoms with van der Waals surface area (Å²) in [7, 11) is 0. The molecule has 0 atom stereocenters. The second-order valence-corrected chi connectivity index (χ2v) is 3.26. The normalized spacial score (nSPS) is 9.56. The van der Waals surface area contributed by atoms with Gasteiger partial charge in [-0.2, -0.15) is 5.26 Å². The minimum atomic E-state index is 0.00697. The standard InChI is InChI=1S/C11H14N4O/c1-3-4-15(5-6-16)11-13-9(2)7-10(8-12)14-11/h3,7,16H,1,4-6H2,2H3. The highest BCUT2D eigenvalue weighted by Gasteiger charge is 2.09. The van der Waals surface area contributed by atoms with Gasteiger partial charge in [-0.15, -0.1) is 6.58 Å². The largest absolute Gasteiger partial charge is 0.395 e. The van der Waals surface area contributed by atoms with Crippen molar-refractivity contribution < 1.29 is 5.11 Å². The van der Waals surface area contributed by atoms with E-state index in [0.717, 1.165) is 5.69 Å². The molecule has 1 heterocycles. The topological polar surface area (TPSA) is 73.0 Å². The maximum absolute atomic E-state index is 8.92. The van der Waals surface area contributed by atoms with Crippen molar-refractivity contribution in [3.05, 3.63) is 30.1 Å². The Hall–Kier alpha value is -1.93. The highest BCUT2D eigenvalue weighted by Crippen LogP contribution is 2.09. The van der Waals surface area contributed by atoms with Gasteiger partial charge in [0.1, 0.15) is 11.8 Å². The summed E-state index contributed by atoms with van der Waals surface area (Å²) in [5.74, 6) is 0.450. The molecule has 0 radical (unpaired) electrons. The molecule has 1 aromatic rings. The molecule has 0 bridgehead atoms. The first kappa shape index (κ1) is 12.1. The van der Waals surface area contributed by atoms with E-state index in [0.29, 0.717) is 24.7 Å². The lowest BCUT2D eigenvalue weighted by Gasteiger charge is -2.19. The van der Waals surface area contributed by atoms with Gasteiger partial charge >= 0.3 is 0 Å². The van der Waals surface area contributed by atoms with E-state index in [9.17, 15) is 0 Å². The predicted octanol–water partition coefficient (Wildman–Crippen LogP) is 0.641. The zero-order valence-electron chi connectivity index (χ0n) is 9.22. The maximum Gasteiger partial charge on any atom is 0.227 e. The second-order valence-electron chi connectivity index (χ2n) is 3.26. The minimum Gasteiger partial charge on any atom is -0.395 e. The number of nitriles is 1. The van der Waals surface area contributed by atoms with E-state index in [1.54, 1.807) is 24.0 Å². The SMILES string of the molecule is C=CCN(CCO)c1nc(C)cc(C#N)n1. The molecule has 16 heavy (non-hydrogen) atoms. The summed E-state index contributed by atoms with van der Waals surface area (Å²) in [5, 5.41) is 17.7. The average molecular weight is 218 g/mol. The van der Waals surface area contributed by atoms with Crippen LogP contribution in [-0.4, -0.2) is 34.8 Å². The second kappa shape index (κ2) is 5.83. The minimum absolute atomic E-state index is 0.00697. The Balaban J connectivity index is 3.03. The number of rotatable bonds is 5. The van der Waals surface area contributed by atoms with Crippen LogP contribution in [0.15, 0.2) is 18.7 Å². The van der Waals surface area contributed by atoms with E-state index in [4.69, 9.17) is 10.4 Å². The van der Waals surface area contributed by atoms with Gasteiger partial charge in [0.2, 0.25) is 5.95 Å². The molecule has 0 aliphatic carbocycles. The Morgan fingerprint density at radius 3 is 2.94 bits per heavy atom. The highest BCUT2D eigenvalue weighted by atomic mass is 16.3. The summed E-state index contributed by atoms with van der Waals surface area (Å²) in [4.78, 5) is 10.1. The predicted molar refractivity (Wildman–Crippen MR) is 61.0 cm³/mol. The van der Waals surface area contributed by atoms with Crippen LogP contribution in [0.4, 0.5) is 5.95 Å². The van der Waals surface area contributed by atoms with Crippen LogP contribution < -0.4 is 4.90 Å². The van der Waals surface area contributed by atoms with E-state index in [-0.39, 0.29) is 6.61 Å². The molecule has 0 aliphatic rings. The van der Waals surface area contributed by atoms with Crippen LogP contribution in [0.1, 0.15) is 11.4 Å². The summed E-state index contributed by atoms with van der Waals surface area (Å²) >= 11 is 0. The number of hydrogen-bond acceptors (Lipinski definition) is 5. The first-order chi connectivity index (χ1) is 7.71. The molecule has 5 heteroatoms. The lowest BCUT2D eigenvalue weighted by Crippen LogP contribution is -2.28. The third-order valence-electron chi connectivity index (χ3n) is 1.96. The smallest absolute Gasteiger partial charge is 0.227 e. The fourth-order valence-corrected chi connectivity index (χ4v) is 1.30. The van der Waals surface area contributed by atoms with Crippen LogP contribution in [0.25, 0.3) is 0 Å². The van der Waals surface area contributed by atoms with Gasteiger partial charge < -0.3 is 10.0 Å². The molecule has 0 saturated carbocycles. The van der Waals surface area contributed by atoms with Crippen LogP contribution in [-0.2, 0) is 0 Å². The van der Waals surface area contributed by atoms with Gasteiger partial charge in [-0.25, -0.2) is 9.97 Å². The van der Waals surface area contributed by atoms with Crippen molar-refractivity contribution in [1.29, 1.82) is 5.26 Å². The van der Waals surface area contributed by atoms with Gasteiger partial charge in [0.25, 0.3) is 0 Å². The molecule has 1 N–H and O–H groups in total. The number of anilines is 1. The summed E-state index contributed by atoms with van der Waals surface area (Å²) in [6, 6.07) is 3.60. The number of aliphatic hydroxyl groups is 1. The molecular formula is C11H14N4O. The number of hydrogen-bond donors (Lipinski definition) is 1. The molecule has 0 spiro atoms. The summed E-state index contributed by atoms with van der Waals surface area (Å²) in [6.07, 6.45) is 1.70. The van der Waals surface area contributed by atoms with E-state index in [1.165, 1.54) is 0 Å². The monoisotopic (exact) mass is 218 g/mol. The van der Waals surface area contributed by atoms with Crippen LogP contribution >= 0.6 is 0 Å². The van der Waals surface area contributed by atoms with Gasteiger partial charge in [0, 0.05) is 18.8 Å². The van der Waals surface area contributed by atoms with Crippen LogP contribution in [0.2, 0.25) is 0 Å². The Bertz CT molecular complexity index is 411. The van der Waals surface area contributed by atoms with Crippen molar-refractivity contribution in [2.75, 3.05) is 24.6 Å². The van der Waals surface area contributed by atoms with Crippen molar-refractivity contribution in [1.82, 2.24) is 9.97 Å². The molecule has 0 saturated heterocycles. The molecule has 5 nitrogen and oxygen atoms in total. The molecule has 0 amide bonds. The van der Waals surface area contributed by atoms with Crippen LogP contribution in [0.3, 0.4) is 0 Å². The molecule has 0 aromatic carbocycles. The molecule has 0 unspecified atom stereocenters. The van der Waals surface area contributed by atoms with E-state index < -0.39 is 0 Å². The number of aromatic nitrogens is 2. The lowest BCUT2D eigenvalue weighted by atomic mass is 10.3. The highest BCUT2D eigenvalue weighted by molar-refractivity contribution is 5.36. The first-order valence-electron chi connectivity index (χ1n) is 4.93. The van der Waals surface area contributed by atoms with Crippen molar-refractivity contribution in [3.8, 4) is 6.07 Å². The number of nitrogens with zero attached hydrogens (tertiary/aromatic N) is 4.